The Balaban J connectivity index is 1.63. The van der Waals surface area contributed by atoms with Gasteiger partial charge in [0, 0.05) is 24.0 Å². The van der Waals surface area contributed by atoms with Gasteiger partial charge in [0.25, 0.3) is 5.91 Å². The number of piperidine rings is 1. The molecule has 0 radical (unpaired) electrons. The van der Waals surface area contributed by atoms with Gasteiger partial charge in [-0.2, -0.15) is 0 Å². The molecule has 2 aromatic rings. The number of amides is 1. The van der Waals surface area contributed by atoms with Crippen LogP contribution < -0.4 is 9.47 Å². The smallest absolute Gasteiger partial charge is 0.266 e. The van der Waals surface area contributed by atoms with Crippen molar-refractivity contribution < 1.29 is 14.3 Å². The lowest BCUT2D eigenvalue weighted by Gasteiger charge is -2.37. The zero-order valence-corrected chi connectivity index (χ0v) is 15.6. The molecule has 26 heavy (non-hydrogen) atoms. The quantitative estimate of drug-likeness (QED) is 0.801. The van der Waals surface area contributed by atoms with Gasteiger partial charge < -0.3 is 14.4 Å². The molecule has 1 aromatic heterocycles. The van der Waals surface area contributed by atoms with Crippen LogP contribution in [0.1, 0.15) is 26.7 Å². The molecule has 0 bridgehead atoms. The molecule has 3 rings (SSSR count). The summed E-state index contributed by atoms with van der Waals surface area (Å²) < 4.78 is 11.8. The summed E-state index contributed by atoms with van der Waals surface area (Å²) in [4.78, 5) is 22.9. The van der Waals surface area contributed by atoms with Crippen molar-refractivity contribution in [1.29, 1.82) is 0 Å². The van der Waals surface area contributed by atoms with Gasteiger partial charge in [0.1, 0.15) is 11.9 Å². The van der Waals surface area contributed by atoms with Crippen LogP contribution in [0.15, 0.2) is 42.9 Å². The Labute approximate surface area is 158 Å². The topological polar surface area (TPSA) is 64.5 Å². The van der Waals surface area contributed by atoms with Crippen molar-refractivity contribution in [3.63, 3.8) is 0 Å². The van der Waals surface area contributed by atoms with Gasteiger partial charge >= 0.3 is 0 Å². The molecule has 1 saturated heterocycles. The Hall–Kier alpha value is -2.34. The van der Waals surface area contributed by atoms with Crippen LogP contribution in [0.4, 0.5) is 0 Å². The van der Waals surface area contributed by atoms with E-state index in [1.165, 1.54) is 0 Å². The first-order chi connectivity index (χ1) is 12.4. The molecule has 138 valence electrons. The van der Waals surface area contributed by atoms with Crippen molar-refractivity contribution in [3.8, 4) is 11.6 Å². The number of carbonyl (C=O) groups excluding carboxylic acids is 1. The van der Waals surface area contributed by atoms with Crippen molar-refractivity contribution >= 4 is 17.5 Å². The van der Waals surface area contributed by atoms with Gasteiger partial charge in [-0.05, 0) is 51.0 Å². The fraction of sp³-hybridized carbons (Fsp3) is 0.421. The monoisotopic (exact) mass is 375 g/mol. The Kier molecular flexibility index (Phi) is 5.61. The molecule has 0 N–H and O–H groups in total. The molecule has 1 amide bonds. The second-order valence-corrected chi connectivity index (χ2v) is 7.18. The maximum atomic E-state index is 13.0. The van der Waals surface area contributed by atoms with Gasteiger partial charge in [-0.1, -0.05) is 11.6 Å². The number of benzene rings is 1. The van der Waals surface area contributed by atoms with Crippen molar-refractivity contribution in [2.24, 2.45) is 0 Å². The first kappa shape index (κ1) is 18.5. The van der Waals surface area contributed by atoms with Gasteiger partial charge in [-0.25, -0.2) is 4.98 Å². The SMILES string of the molecule is CC(C)(Oc1ccc(Cl)cc1)C(=O)N1CCCC(Oc2cnccn2)C1. The summed E-state index contributed by atoms with van der Waals surface area (Å²) in [6.07, 6.45) is 6.40. The Morgan fingerprint density at radius 1 is 1.27 bits per heavy atom. The van der Waals surface area contributed by atoms with E-state index in [1.54, 1.807) is 61.6 Å². The first-order valence-electron chi connectivity index (χ1n) is 8.61. The third-order valence-electron chi connectivity index (χ3n) is 4.19. The van der Waals surface area contributed by atoms with E-state index in [9.17, 15) is 4.79 Å². The van der Waals surface area contributed by atoms with Crippen molar-refractivity contribution in [3.05, 3.63) is 47.9 Å². The first-order valence-corrected chi connectivity index (χ1v) is 8.98. The van der Waals surface area contributed by atoms with E-state index < -0.39 is 5.60 Å². The van der Waals surface area contributed by atoms with Crippen LogP contribution in [0.2, 0.25) is 5.02 Å². The van der Waals surface area contributed by atoms with Gasteiger partial charge in [0.2, 0.25) is 5.88 Å². The predicted molar refractivity (Wildman–Crippen MR) is 98.4 cm³/mol. The maximum absolute atomic E-state index is 13.0. The summed E-state index contributed by atoms with van der Waals surface area (Å²) in [5, 5.41) is 0.626. The summed E-state index contributed by atoms with van der Waals surface area (Å²) in [7, 11) is 0. The number of ether oxygens (including phenoxy) is 2. The van der Waals surface area contributed by atoms with Gasteiger partial charge in [0.15, 0.2) is 5.60 Å². The van der Waals surface area contributed by atoms with E-state index in [0.717, 1.165) is 12.8 Å². The molecule has 7 heteroatoms. The Morgan fingerprint density at radius 3 is 2.73 bits per heavy atom. The van der Waals surface area contributed by atoms with E-state index in [0.29, 0.717) is 29.7 Å². The minimum atomic E-state index is -0.984. The number of likely N-dealkylation sites (tertiary alicyclic amines) is 1. The van der Waals surface area contributed by atoms with Crippen LogP contribution in [-0.2, 0) is 4.79 Å². The molecule has 0 aliphatic carbocycles. The van der Waals surface area contributed by atoms with E-state index in [4.69, 9.17) is 21.1 Å². The number of rotatable bonds is 5. The maximum Gasteiger partial charge on any atom is 0.266 e. The van der Waals surface area contributed by atoms with E-state index >= 15 is 0 Å². The third-order valence-corrected chi connectivity index (χ3v) is 4.45. The van der Waals surface area contributed by atoms with Crippen LogP contribution in [0, 0.1) is 0 Å². The Morgan fingerprint density at radius 2 is 2.04 bits per heavy atom. The summed E-state index contributed by atoms with van der Waals surface area (Å²) in [5.41, 5.74) is -0.984. The van der Waals surface area contributed by atoms with Crippen molar-refractivity contribution in [2.45, 2.75) is 38.4 Å². The minimum absolute atomic E-state index is 0.0695. The third kappa shape index (κ3) is 4.64. The second kappa shape index (κ2) is 7.91. The highest BCUT2D eigenvalue weighted by molar-refractivity contribution is 6.30. The van der Waals surface area contributed by atoms with Gasteiger partial charge in [-0.3, -0.25) is 9.78 Å². The Bertz CT molecular complexity index is 737. The molecule has 6 nitrogen and oxygen atoms in total. The molecule has 0 spiro atoms. The molecule has 1 atom stereocenters. The summed E-state index contributed by atoms with van der Waals surface area (Å²) in [5.74, 6) is 1.01. The van der Waals surface area contributed by atoms with E-state index in [1.807, 2.05) is 0 Å². The summed E-state index contributed by atoms with van der Waals surface area (Å²) in [6.45, 7) is 4.74. The fourth-order valence-electron chi connectivity index (χ4n) is 2.96. The average molecular weight is 376 g/mol. The zero-order valence-electron chi connectivity index (χ0n) is 14.9. The highest BCUT2D eigenvalue weighted by atomic mass is 35.5. The molecule has 1 aromatic carbocycles. The highest BCUT2D eigenvalue weighted by Crippen LogP contribution is 2.24. The molecule has 1 aliphatic rings. The molecular formula is C19H22ClN3O3. The molecule has 2 heterocycles. The van der Waals surface area contributed by atoms with Crippen LogP contribution in [0.5, 0.6) is 11.6 Å². The standard InChI is InChI=1S/C19H22ClN3O3/c1-19(2,26-15-7-5-14(20)6-8-15)18(24)23-11-3-4-16(13-23)25-17-12-21-9-10-22-17/h5-10,12,16H,3-4,11,13H2,1-2H3. The molecule has 1 unspecified atom stereocenters. The summed E-state index contributed by atoms with van der Waals surface area (Å²) >= 11 is 5.90. The molecule has 1 fully saturated rings. The fourth-order valence-corrected chi connectivity index (χ4v) is 3.08. The van der Waals surface area contributed by atoms with Crippen LogP contribution in [0.3, 0.4) is 0 Å². The second-order valence-electron chi connectivity index (χ2n) is 6.74. The number of aromatic nitrogens is 2. The average Bonchev–Trinajstić information content (AvgIpc) is 2.64. The molecular weight excluding hydrogens is 354 g/mol. The lowest BCUT2D eigenvalue weighted by Crippen LogP contribution is -2.53. The largest absolute Gasteiger partial charge is 0.478 e. The number of halogens is 1. The number of hydrogen-bond acceptors (Lipinski definition) is 5. The van der Waals surface area contributed by atoms with Crippen LogP contribution in [0.25, 0.3) is 0 Å². The number of carbonyl (C=O) groups is 1. The van der Waals surface area contributed by atoms with Crippen LogP contribution >= 0.6 is 11.6 Å². The lowest BCUT2D eigenvalue weighted by molar-refractivity contribution is -0.148. The van der Waals surface area contributed by atoms with Crippen molar-refractivity contribution in [1.82, 2.24) is 14.9 Å². The minimum Gasteiger partial charge on any atom is -0.478 e. The lowest BCUT2D eigenvalue weighted by atomic mass is 10.0. The van der Waals surface area contributed by atoms with Crippen molar-refractivity contribution in [2.75, 3.05) is 13.1 Å². The van der Waals surface area contributed by atoms with E-state index in [-0.39, 0.29) is 12.0 Å². The summed E-state index contributed by atoms with van der Waals surface area (Å²) in [6, 6.07) is 6.99. The van der Waals surface area contributed by atoms with Gasteiger partial charge in [-0.15, -0.1) is 0 Å². The van der Waals surface area contributed by atoms with E-state index in [2.05, 4.69) is 9.97 Å². The highest BCUT2D eigenvalue weighted by Gasteiger charge is 2.37. The number of nitrogens with zero attached hydrogens (tertiary/aromatic N) is 3. The number of hydrogen-bond donors (Lipinski definition) is 0. The van der Waals surface area contributed by atoms with Crippen LogP contribution in [-0.4, -0.2) is 45.6 Å². The molecule has 1 aliphatic heterocycles. The van der Waals surface area contributed by atoms with Gasteiger partial charge in [0.05, 0.1) is 12.7 Å². The zero-order chi connectivity index (χ0) is 18.6. The molecule has 0 saturated carbocycles. The normalized spacial score (nSPS) is 17.7. The predicted octanol–water partition coefficient (Wildman–Crippen LogP) is 3.36.